The Bertz CT molecular complexity index is 809. The van der Waals surface area contributed by atoms with Crippen LogP contribution in [0.4, 0.5) is 13.2 Å². The van der Waals surface area contributed by atoms with Gasteiger partial charge < -0.3 is 14.5 Å². The van der Waals surface area contributed by atoms with Crippen molar-refractivity contribution in [1.29, 1.82) is 0 Å². The lowest BCUT2D eigenvalue weighted by Gasteiger charge is -2.38. The molecule has 0 spiro atoms. The number of carbonyl (C=O) groups is 1. The topological polar surface area (TPSA) is 82.7 Å². The SMILES string of the molecule is CC1CN(C(=O)c2nc(-c3cccc(C(F)(F)F)c3)no2)CCN1CCO. The van der Waals surface area contributed by atoms with E-state index in [1.54, 1.807) is 4.90 Å². The molecule has 0 radical (unpaired) electrons. The number of aliphatic hydroxyl groups excluding tert-OH is 1. The minimum Gasteiger partial charge on any atom is -0.395 e. The van der Waals surface area contributed by atoms with Crippen LogP contribution in [0.2, 0.25) is 0 Å². The molecule has 3 rings (SSSR count). The summed E-state index contributed by atoms with van der Waals surface area (Å²) in [6.45, 7) is 3.98. The predicted molar refractivity (Wildman–Crippen MR) is 88.8 cm³/mol. The van der Waals surface area contributed by atoms with Crippen molar-refractivity contribution >= 4 is 5.91 Å². The molecule has 10 heteroatoms. The lowest BCUT2D eigenvalue weighted by molar-refractivity contribution is -0.137. The second-order valence-electron chi connectivity index (χ2n) is 6.36. The Morgan fingerprint density at radius 2 is 2.15 bits per heavy atom. The Labute approximate surface area is 153 Å². The van der Waals surface area contributed by atoms with Crippen molar-refractivity contribution in [3.8, 4) is 11.4 Å². The number of rotatable bonds is 4. The van der Waals surface area contributed by atoms with Crippen LogP contribution in [0.25, 0.3) is 11.4 Å². The third-order valence-electron chi connectivity index (χ3n) is 4.50. The maximum absolute atomic E-state index is 12.8. The highest BCUT2D eigenvalue weighted by atomic mass is 19.4. The summed E-state index contributed by atoms with van der Waals surface area (Å²) < 4.78 is 43.5. The normalized spacial score (nSPS) is 18.7. The van der Waals surface area contributed by atoms with E-state index in [9.17, 15) is 18.0 Å². The first-order valence-electron chi connectivity index (χ1n) is 8.45. The first-order chi connectivity index (χ1) is 12.8. The minimum atomic E-state index is -4.48. The molecule has 146 valence electrons. The number of benzene rings is 1. The van der Waals surface area contributed by atoms with E-state index in [1.807, 2.05) is 6.92 Å². The number of nitrogens with zero attached hydrogens (tertiary/aromatic N) is 4. The molecule has 1 saturated heterocycles. The van der Waals surface area contributed by atoms with E-state index in [0.717, 1.165) is 12.1 Å². The van der Waals surface area contributed by atoms with Crippen molar-refractivity contribution in [3.05, 3.63) is 35.7 Å². The molecule has 1 fully saturated rings. The van der Waals surface area contributed by atoms with Crippen molar-refractivity contribution in [2.45, 2.75) is 19.1 Å². The lowest BCUT2D eigenvalue weighted by Crippen LogP contribution is -2.54. The number of alkyl halides is 3. The molecule has 27 heavy (non-hydrogen) atoms. The second-order valence-corrected chi connectivity index (χ2v) is 6.36. The summed E-state index contributed by atoms with van der Waals surface area (Å²) in [6, 6.07) is 4.58. The summed E-state index contributed by atoms with van der Waals surface area (Å²) in [5.74, 6) is -0.794. The van der Waals surface area contributed by atoms with Gasteiger partial charge in [-0.1, -0.05) is 17.3 Å². The average Bonchev–Trinajstić information content (AvgIpc) is 3.12. The van der Waals surface area contributed by atoms with Crippen molar-refractivity contribution in [1.82, 2.24) is 19.9 Å². The van der Waals surface area contributed by atoms with Gasteiger partial charge >= 0.3 is 18.0 Å². The third kappa shape index (κ3) is 4.28. The van der Waals surface area contributed by atoms with Crippen LogP contribution in [0.1, 0.15) is 23.2 Å². The molecule has 1 amide bonds. The van der Waals surface area contributed by atoms with E-state index in [-0.39, 0.29) is 29.9 Å². The molecule has 1 aliphatic rings. The number of hydrogen-bond acceptors (Lipinski definition) is 6. The van der Waals surface area contributed by atoms with Crippen LogP contribution in [0.5, 0.6) is 0 Å². The minimum absolute atomic E-state index is 0.0439. The molecule has 1 aliphatic heterocycles. The zero-order valence-electron chi connectivity index (χ0n) is 14.6. The van der Waals surface area contributed by atoms with Crippen molar-refractivity contribution in [2.75, 3.05) is 32.8 Å². The monoisotopic (exact) mass is 384 g/mol. The van der Waals surface area contributed by atoms with Gasteiger partial charge in [0.05, 0.1) is 12.2 Å². The Morgan fingerprint density at radius 3 is 2.81 bits per heavy atom. The van der Waals surface area contributed by atoms with Gasteiger partial charge in [0.15, 0.2) is 0 Å². The highest BCUT2D eigenvalue weighted by Crippen LogP contribution is 2.31. The Balaban J connectivity index is 1.74. The molecule has 1 aromatic carbocycles. The van der Waals surface area contributed by atoms with Gasteiger partial charge in [0.2, 0.25) is 5.82 Å². The summed E-state index contributed by atoms with van der Waals surface area (Å²) in [5, 5.41) is 12.7. The number of β-amino-alcohol motifs (C(OH)–C–C–N with tert-alkyl or cyclic N) is 1. The number of amides is 1. The van der Waals surface area contributed by atoms with Crippen molar-refractivity contribution < 1.29 is 27.6 Å². The molecule has 0 bridgehead atoms. The summed E-state index contributed by atoms with van der Waals surface area (Å²) in [5.41, 5.74) is -0.708. The molecule has 1 aromatic heterocycles. The highest BCUT2D eigenvalue weighted by Gasteiger charge is 2.32. The first-order valence-corrected chi connectivity index (χ1v) is 8.45. The standard InChI is InChI=1S/C17H19F3N4O3/c1-11-10-24(6-5-23(11)7-8-25)16(26)15-21-14(22-27-15)12-3-2-4-13(9-12)17(18,19)20/h2-4,9,11,25H,5-8,10H2,1H3. The fourth-order valence-corrected chi connectivity index (χ4v) is 3.04. The first kappa shape index (κ1) is 19.3. The van der Waals surface area contributed by atoms with Gasteiger partial charge in [0, 0.05) is 37.8 Å². The highest BCUT2D eigenvalue weighted by molar-refractivity contribution is 5.90. The third-order valence-corrected chi connectivity index (χ3v) is 4.50. The molecule has 0 aliphatic carbocycles. The fourth-order valence-electron chi connectivity index (χ4n) is 3.04. The summed E-state index contributed by atoms with van der Waals surface area (Å²) in [6.07, 6.45) is -4.48. The summed E-state index contributed by atoms with van der Waals surface area (Å²) in [4.78, 5) is 20.2. The number of hydrogen-bond donors (Lipinski definition) is 1. The van der Waals surface area contributed by atoms with E-state index in [4.69, 9.17) is 9.63 Å². The van der Waals surface area contributed by atoms with E-state index >= 15 is 0 Å². The molecule has 1 atom stereocenters. The maximum atomic E-state index is 12.8. The molecular formula is C17H19F3N4O3. The van der Waals surface area contributed by atoms with E-state index in [2.05, 4.69) is 15.0 Å². The van der Waals surface area contributed by atoms with Crippen LogP contribution < -0.4 is 0 Å². The predicted octanol–water partition coefficient (Wildman–Crippen LogP) is 1.89. The fraction of sp³-hybridized carbons (Fsp3) is 0.471. The molecule has 1 unspecified atom stereocenters. The summed E-state index contributed by atoms with van der Waals surface area (Å²) in [7, 11) is 0. The molecule has 2 aromatic rings. The van der Waals surface area contributed by atoms with Crippen molar-refractivity contribution in [3.63, 3.8) is 0 Å². The largest absolute Gasteiger partial charge is 0.416 e. The Hall–Kier alpha value is -2.46. The molecule has 7 nitrogen and oxygen atoms in total. The molecular weight excluding hydrogens is 365 g/mol. The summed E-state index contributed by atoms with van der Waals surface area (Å²) >= 11 is 0. The molecule has 1 N–H and O–H groups in total. The smallest absolute Gasteiger partial charge is 0.395 e. The van der Waals surface area contributed by atoms with Crippen molar-refractivity contribution in [2.24, 2.45) is 0 Å². The van der Waals surface area contributed by atoms with Crippen LogP contribution in [0.3, 0.4) is 0 Å². The van der Waals surface area contributed by atoms with Gasteiger partial charge in [-0.15, -0.1) is 0 Å². The average molecular weight is 384 g/mol. The van der Waals surface area contributed by atoms with Gasteiger partial charge in [0.25, 0.3) is 0 Å². The van der Waals surface area contributed by atoms with Crippen LogP contribution in [0.15, 0.2) is 28.8 Å². The molecule has 2 heterocycles. The quantitative estimate of drug-likeness (QED) is 0.867. The lowest BCUT2D eigenvalue weighted by atomic mass is 10.1. The number of piperazine rings is 1. The number of aromatic nitrogens is 2. The van der Waals surface area contributed by atoms with E-state index in [0.29, 0.717) is 26.2 Å². The van der Waals surface area contributed by atoms with Gasteiger partial charge in [0.1, 0.15) is 0 Å². The van der Waals surface area contributed by atoms with Crippen LogP contribution in [-0.2, 0) is 6.18 Å². The Kier molecular flexibility index (Phi) is 5.47. The second kappa shape index (κ2) is 7.65. The van der Waals surface area contributed by atoms with Crippen LogP contribution >= 0.6 is 0 Å². The van der Waals surface area contributed by atoms with E-state index < -0.39 is 17.6 Å². The van der Waals surface area contributed by atoms with Crippen LogP contribution in [-0.4, -0.2) is 69.8 Å². The van der Waals surface area contributed by atoms with Gasteiger partial charge in [-0.25, -0.2) is 0 Å². The maximum Gasteiger partial charge on any atom is 0.416 e. The van der Waals surface area contributed by atoms with Gasteiger partial charge in [-0.3, -0.25) is 9.69 Å². The number of halogens is 3. The van der Waals surface area contributed by atoms with Crippen LogP contribution in [0, 0.1) is 0 Å². The molecule has 0 saturated carbocycles. The van der Waals surface area contributed by atoms with Gasteiger partial charge in [-0.2, -0.15) is 18.2 Å². The number of aliphatic hydroxyl groups is 1. The van der Waals surface area contributed by atoms with Gasteiger partial charge in [-0.05, 0) is 19.1 Å². The van der Waals surface area contributed by atoms with E-state index in [1.165, 1.54) is 12.1 Å². The number of carbonyl (C=O) groups excluding carboxylic acids is 1. The zero-order chi connectivity index (χ0) is 19.6. The Morgan fingerprint density at radius 1 is 1.37 bits per heavy atom. The zero-order valence-corrected chi connectivity index (χ0v) is 14.6.